The summed E-state index contributed by atoms with van der Waals surface area (Å²) in [4.78, 5) is 12.1. The minimum atomic E-state index is -0.616. The zero-order valence-corrected chi connectivity index (χ0v) is 10.6. The van der Waals surface area contributed by atoms with Crippen LogP contribution in [0.1, 0.15) is 22.8 Å². The first-order valence-electron chi connectivity index (χ1n) is 6.10. The van der Waals surface area contributed by atoms with Crippen LogP contribution >= 0.6 is 0 Å². The van der Waals surface area contributed by atoms with Gasteiger partial charge >= 0.3 is 0 Å². The second kappa shape index (κ2) is 5.74. The van der Waals surface area contributed by atoms with E-state index < -0.39 is 11.6 Å². The summed E-state index contributed by atoms with van der Waals surface area (Å²) in [5.74, 6) is -1.57. The van der Waals surface area contributed by atoms with E-state index >= 15 is 0 Å². The Balaban J connectivity index is 2.13. The molecule has 98 valence electrons. The monoisotopic (exact) mass is 260 g/mol. The number of ketones is 1. The molecule has 0 heterocycles. The van der Waals surface area contributed by atoms with Gasteiger partial charge in [-0.05, 0) is 24.1 Å². The van der Waals surface area contributed by atoms with E-state index in [9.17, 15) is 13.6 Å². The number of hydrogen-bond donors (Lipinski definition) is 0. The van der Waals surface area contributed by atoms with E-state index in [1.165, 1.54) is 12.1 Å². The van der Waals surface area contributed by atoms with E-state index in [2.05, 4.69) is 0 Å². The van der Waals surface area contributed by atoms with E-state index in [4.69, 9.17) is 0 Å². The maximum atomic E-state index is 13.1. The van der Waals surface area contributed by atoms with Crippen LogP contribution < -0.4 is 0 Å². The Hall–Kier alpha value is -2.03. The molecule has 0 fully saturated rings. The molecular formula is C16H14F2O. The van der Waals surface area contributed by atoms with Crippen molar-refractivity contribution in [3.63, 3.8) is 0 Å². The SMILES string of the molecule is CC(Cc1cc(F)cc(F)c1)C(=O)c1ccccc1. The van der Waals surface area contributed by atoms with Crippen molar-refractivity contribution < 1.29 is 13.6 Å². The first kappa shape index (κ1) is 13.4. The van der Waals surface area contributed by atoms with Gasteiger partial charge in [0.25, 0.3) is 0 Å². The zero-order valence-electron chi connectivity index (χ0n) is 10.6. The lowest BCUT2D eigenvalue weighted by Gasteiger charge is -2.10. The lowest BCUT2D eigenvalue weighted by Crippen LogP contribution is -2.14. The van der Waals surface area contributed by atoms with Gasteiger partial charge in [0.05, 0.1) is 0 Å². The molecule has 0 bridgehead atoms. The Morgan fingerprint density at radius 1 is 1.05 bits per heavy atom. The van der Waals surface area contributed by atoms with Crippen LogP contribution in [0.5, 0.6) is 0 Å². The van der Waals surface area contributed by atoms with Crippen molar-refractivity contribution in [1.82, 2.24) is 0 Å². The molecule has 3 heteroatoms. The van der Waals surface area contributed by atoms with Gasteiger partial charge in [0.15, 0.2) is 5.78 Å². The maximum absolute atomic E-state index is 13.1. The van der Waals surface area contributed by atoms with Gasteiger partial charge in [0.1, 0.15) is 11.6 Å². The van der Waals surface area contributed by atoms with E-state index in [0.29, 0.717) is 17.5 Å². The van der Waals surface area contributed by atoms with Gasteiger partial charge in [-0.3, -0.25) is 4.79 Å². The second-order valence-corrected chi connectivity index (χ2v) is 4.61. The normalized spacial score (nSPS) is 12.2. The first-order valence-corrected chi connectivity index (χ1v) is 6.10. The highest BCUT2D eigenvalue weighted by Gasteiger charge is 2.16. The predicted molar refractivity (Wildman–Crippen MR) is 70.0 cm³/mol. The summed E-state index contributed by atoms with van der Waals surface area (Å²) in [6, 6.07) is 12.3. The highest BCUT2D eigenvalue weighted by Crippen LogP contribution is 2.16. The molecule has 0 aliphatic rings. The molecule has 2 aromatic rings. The first-order chi connectivity index (χ1) is 9.06. The van der Waals surface area contributed by atoms with Crippen LogP contribution in [-0.2, 0) is 6.42 Å². The Kier molecular flexibility index (Phi) is 4.05. The number of halogens is 2. The second-order valence-electron chi connectivity index (χ2n) is 4.61. The lowest BCUT2D eigenvalue weighted by atomic mass is 9.93. The number of benzene rings is 2. The molecule has 0 aromatic heterocycles. The van der Waals surface area contributed by atoms with Crippen LogP contribution in [0.15, 0.2) is 48.5 Å². The summed E-state index contributed by atoms with van der Waals surface area (Å²) in [6.07, 6.45) is 0.322. The van der Waals surface area contributed by atoms with Gasteiger partial charge in [-0.25, -0.2) is 8.78 Å². The van der Waals surface area contributed by atoms with E-state index in [1.807, 2.05) is 6.07 Å². The van der Waals surface area contributed by atoms with Crippen molar-refractivity contribution in [2.75, 3.05) is 0 Å². The van der Waals surface area contributed by atoms with Crippen molar-refractivity contribution in [2.24, 2.45) is 5.92 Å². The number of hydrogen-bond acceptors (Lipinski definition) is 1. The highest BCUT2D eigenvalue weighted by molar-refractivity contribution is 5.97. The van der Waals surface area contributed by atoms with Crippen LogP contribution in [0.25, 0.3) is 0 Å². The van der Waals surface area contributed by atoms with E-state index in [1.54, 1.807) is 31.2 Å². The predicted octanol–water partition coefficient (Wildman–Crippen LogP) is 4.03. The molecule has 2 rings (SSSR count). The van der Waals surface area contributed by atoms with Gasteiger partial charge < -0.3 is 0 Å². The van der Waals surface area contributed by atoms with Crippen molar-refractivity contribution >= 4 is 5.78 Å². The van der Waals surface area contributed by atoms with Crippen LogP contribution in [0.2, 0.25) is 0 Å². The molecule has 1 atom stereocenters. The molecule has 0 radical (unpaired) electrons. The molecule has 19 heavy (non-hydrogen) atoms. The largest absolute Gasteiger partial charge is 0.294 e. The molecule has 1 unspecified atom stereocenters. The minimum absolute atomic E-state index is 0.0229. The summed E-state index contributed by atoms with van der Waals surface area (Å²) in [6.45, 7) is 1.76. The van der Waals surface area contributed by atoms with Crippen molar-refractivity contribution in [1.29, 1.82) is 0 Å². The third-order valence-corrected chi connectivity index (χ3v) is 2.97. The van der Waals surface area contributed by atoms with Crippen LogP contribution in [0.4, 0.5) is 8.78 Å². The quantitative estimate of drug-likeness (QED) is 0.759. The fourth-order valence-electron chi connectivity index (χ4n) is 2.06. The standard InChI is InChI=1S/C16H14F2O/c1-11(16(19)13-5-3-2-4-6-13)7-12-8-14(17)10-15(18)9-12/h2-6,8-11H,7H2,1H3. The van der Waals surface area contributed by atoms with Gasteiger partial charge in [0, 0.05) is 17.5 Å². The van der Waals surface area contributed by atoms with E-state index in [0.717, 1.165) is 6.07 Å². The average molecular weight is 260 g/mol. The molecular weight excluding hydrogens is 246 g/mol. The fraction of sp³-hybridized carbons (Fsp3) is 0.188. The summed E-state index contributed by atoms with van der Waals surface area (Å²) in [5.41, 5.74) is 1.11. The van der Waals surface area contributed by atoms with Gasteiger partial charge in [-0.1, -0.05) is 37.3 Å². The van der Waals surface area contributed by atoms with Crippen molar-refractivity contribution in [2.45, 2.75) is 13.3 Å². The average Bonchev–Trinajstić information content (AvgIpc) is 2.37. The Morgan fingerprint density at radius 2 is 1.63 bits per heavy atom. The molecule has 0 amide bonds. The molecule has 0 saturated carbocycles. The zero-order chi connectivity index (χ0) is 13.8. The summed E-state index contributed by atoms with van der Waals surface area (Å²) < 4.78 is 26.2. The molecule has 0 aliphatic carbocycles. The topological polar surface area (TPSA) is 17.1 Å². The summed E-state index contributed by atoms with van der Waals surface area (Å²) >= 11 is 0. The fourth-order valence-corrected chi connectivity index (χ4v) is 2.06. The van der Waals surface area contributed by atoms with E-state index in [-0.39, 0.29) is 11.7 Å². The van der Waals surface area contributed by atoms with Crippen LogP contribution in [0, 0.1) is 17.6 Å². The summed E-state index contributed by atoms with van der Waals surface area (Å²) in [5, 5.41) is 0. The smallest absolute Gasteiger partial charge is 0.165 e. The van der Waals surface area contributed by atoms with Crippen LogP contribution in [-0.4, -0.2) is 5.78 Å². The van der Waals surface area contributed by atoms with Gasteiger partial charge in [0.2, 0.25) is 0 Å². The van der Waals surface area contributed by atoms with Gasteiger partial charge in [-0.15, -0.1) is 0 Å². The lowest BCUT2D eigenvalue weighted by molar-refractivity contribution is 0.0929. The minimum Gasteiger partial charge on any atom is -0.294 e. The highest BCUT2D eigenvalue weighted by atomic mass is 19.1. The third-order valence-electron chi connectivity index (χ3n) is 2.97. The van der Waals surface area contributed by atoms with Crippen molar-refractivity contribution in [3.05, 3.63) is 71.3 Å². The summed E-state index contributed by atoms with van der Waals surface area (Å²) in [7, 11) is 0. The number of Topliss-reactive ketones (excluding diaryl/α,β-unsaturated/α-hetero) is 1. The third kappa shape index (κ3) is 3.47. The molecule has 1 nitrogen and oxygen atoms in total. The molecule has 0 N–H and O–H groups in total. The Bertz CT molecular complexity index is 558. The molecule has 0 saturated heterocycles. The Morgan fingerprint density at radius 3 is 2.21 bits per heavy atom. The number of carbonyl (C=O) groups excluding carboxylic acids is 1. The maximum Gasteiger partial charge on any atom is 0.165 e. The molecule has 0 spiro atoms. The number of carbonyl (C=O) groups is 1. The van der Waals surface area contributed by atoms with Gasteiger partial charge in [-0.2, -0.15) is 0 Å². The molecule has 0 aliphatic heterocycles. The van der Waals surface area contributed by atoms with Crippen molar-refractivity contribution in [3.8, 4) is 0 Å². The molecule has 2 aromatic carbocycles. The Labute approximate surface area is 110 Å². The van der Waals surface area contributed by atoms with Crippen LogP contribution in [0.3, 0.4) is 0 Å². The number of rotatable bonds is 4.